The van der Waals surface area contributed by atoms with E-state index in [0.717, 1.165) is 0 Å². The van der Waals surface area contributed by atoms with E-state index in [0.29, 0.717) is 32.2 Å². The van der Waals surface area contributed by atoms with Crippen LogP contribution in [-0.2, 0) is 14.9 Å². The predicted octanol–water partition coefficient (Wildman–Crippen LogP) is 1.02. The number of alkyl carbamates (subject to hydrolysis) is 1. The van der Waals surface area contributed by atoms with Crippen molar-refractivity contribution >= 4 is 22.3 Å². The van der Waals surface area contributed by atoms with Crippen LogP contribution in [0.25, 0.3) is 0 Å². The van der Waals surface area contributed by atoms with Gasteiger partial charge in [-0.25, -0.2) is 22.4 Å². The van der Waals surface area contributed by atoms with Crippen LogP contribution in [0.5, 0.6) is 0 Å². The molecule has 0 aliphatic carbocycles. The van der Waals surface area contributed by atoms with E-state index in [1.54, 1.807) is 0 Å². The van der Waals surface area contributed by atoms with E-state index in [9.17, 15) is 35.7 Å². The standard InChI is InChI=1S/C11H19F3N2O7S/c12-8(11(13,14)24(20,21)22)7-23-10(19)16-6-4-2-1-3-5-15-9(17)18/h8,15H,1-7H2,(H,16,19)(H,17,18)(H,20,21,22)/p-1. The molecule has 0 heterocycles. The number of carbonyl (C=O) groups excluding carboxylic acids is 1. The summed E-state index contributed by atoms with van der Waals surface area (Å²) in [5, 5.41) is 7.42. The molecule has 0 aromatic carbocycles. The molecule has 0 rings (SSSR count). The molecule has 0 aliphatic rings. The second-order valence-corrected chi connectivity index (χ2v) is 6.11. The SMILES string of the molecule is O=C(O)NCCCCCCNC(=O)OCC(F)C(F)(F)S(=O)(=O)[O-]. The van der Waals surface area contributed by atoms with E-state index in [1.165, 1.54) is 0 Å². The molecule has 0 saturated heterocycles. The van der Waals surface area contributed by atoms with Gasteiger partial charge in [-0.15, -0.1) is 0 Å². The number of hydrogen-bond acceptors (Lipinski definition) is 6. The van der Waals surface area contributed by atoms with Gasteiger partial charge in [-0.1, -0.05) is 12.8 Å². The van der Waals surface area contributed by atoms with Crippen LogP contribution >= 0.6 is 0 Å². The molecular weight excluding hydrogens is 361 g/mol. The van der Waals surface area contributed by atoms with Crippen LogP contribution in [0.15, 0.2) is 0 Å². The number of amides is 2. The molecule has 24 heavy (non-hydrogen) atoms. The quantitative estimate of drug-likeness (QED) is 0.359. The minimum absolute atomic E-state index is 0.0956. The van der Waals surface area contributed by atoms with Gasteiger partial charge in [0, 0.05) is 13.1 Å². The molecule has 0 fully saturated rings. The van der Waals surface area contributed by atoms with E-state index >= 15 is 0 Å². The highest BCUT2D eigenvalue weighted by molar-refractivity contribution is 7.86. The minimum atomic E-state index is -6.20. The zero-order valence-electron chi connectivity index (χ0n) is 12.5. The highest BCUT2D eigenvalue weighted by Crippen LogP contribution is 2.27. The summed E-state index contributed by atoms with van der Waals surface area (Å²) in [6, 6.07) is 0. The summed E-state index contributed by atoms with van der Waals surface area (Å²) in [7, 11) is -6.20. The van der Waals surface area contributed by atoms with Gasteiger partial charge in [0.25, 0.3) is 0 Å². The highest BCUT2D eigenvalue weighted by Gasteiger charge is 2.48. The van der Waals surface area contributed by atoms with Crippen LogP contribution in [0.4, 0.5) is 22.8 Å². The molecule has 2 amide bonds. The highest BCUT2D eigenvalue weighted by atomic mass is 32.2. The average Bonchev–Trinajstić information content (AvgIpc) is 2.45. The molecule has 142 valence electrons. The molecular formula is C11H18F3N2O7S-. The molecule has 0 aromatic heterocycles. The number of carbonyl (C=O) groups is 2. The Balaban J connectivity index is 3.79. The molecule has 1 unspecified atom stereocenters. The molecule has 0 bridgehead atoms. The van der Waals surface area contributed by atoms with Crippen LogP contribution in [0.3, 0.4) is 0 Å². The van der Waals surface area contributed by atoms with Gasteiger partial charge in [0.05, 0.1) is 0 Å². The minimum Gasteiger partial charge on any atom is -0.743 e. The van der Waals surface area contributed by atoms with Crippen molar-refractivity contribution in [1.82, 2.24) is 10.6 Å². The van der Waals surface area contributed by atoms with Crippen molar-refractivity contribution in [2.24, 2.45) is 0 Å². The zero-order valence-corrected chi connectivity index (χ0v) is 13.3. The van der Waals surface area contributed by atoms with Crippen molar-refractivity contribution in [3.8, 4) is 0 Å². The summed E-state index contributed by atoms with van der Waals surface area (Å²) in [4.78, 5) is 21.2. The normalized spacial score (nSPS) is 13.2. The third kappa shape index (κ3) is 8.76. The average molecular weight is 379 g/mol. The second kappa shape index (κ2) is 10.2. The number of unbranched alkanes of at least 4 members (excludes halogenated alkanes) is 3. The Kier molecular flexibility index (Phi) is 9.43. The van der Waals surface area contributed by atoms with Crippen molar-refractivity contribution in [2.45, 2.75) is 37.1 Å². The lowest BCUT2D eigenvalue weighted by Crippen LogP contribution is -2.42. The Morgan fingerprint density at radius 1 is 1.12 bits per heavy atom. The van der Waals surface area contributed by atoms with Gasteiger partial charge in [0.1, 0.15) is 6.61 Å². The largest absolute Gasteiger partial charge is 0.743 e. The second-order valence-electron chi connectivity index (χ2n) is 4.65. The summed E-state index contributed by atoms with van der Waals surface area (Å²) in [6.07, 6.45) is -3.43. The first kappa shape index (κ1) is 22.2. The van der Waals surface area contributed by atoms with Crippen molar-refractivity contribution in [2.75, 3.05) is 19.7 Å². The van der Waals surface area contributed by atoms with Crippen molar-refractivity contribution < 1.29 is 45.6 Å². The summed E-state index contributed by atoms with van der Waals surface area (Å²) >= 11 is 0. The fourth-order valence-electron chi connectivity index (χ4n) is 1.44. The number of halogens is 3. The summed E-state index contributed by atoms with van der Waals surface area (Å²) in [6.45, 7) is -1.20. The fourth-order valence-corrected chi connectivity index (χ4v) is 1.82. The number of alkyl halides is 3. The smallest absolute Gasteiger partial charge is 0.407 e. The Bertz CT molecular complexity index is 516. The molecule has 0 aliphatic heterocycles. The first-order chi connectivity index (χ1) is 11.0. The lowest BCUT2D eigenvalue weighted by Gasteiger charge is -2.23. The maximum atomic E-state index is 13.0. The third-order valence-electron chi connectivity index (χ3n) is 2.71. The number of rotatable bonds is 11. The third-order valence-corrected chi connectivity index (χ3v) is 3.63. The van der Waals surface area contributed by atoms with Gasteiger partial charge in [0.2, 0.25) is 6.17 Å². The number of carboxylic acid groups (broad SMARTS) is 1. The monoisotopic (exact) mass is 379 g/mol. The molecule has 13 heteroatoms. The topological polar surface area (TPSA) is 145 Å². The Morgan fingerprint density at radius 3 is 2.08 bits per heavy atom. The van der Waals surface area contributed by atoms with Crippen LogP contribution in [0.1, 0.15) is 25.7 Å². The number of ether oxygens (including phenoxy) is 1. The number of hydrogen-bond donors (Lipinski definition) is 3. The molecule has 0 saturated carbocycles. The van der Waals surface area contributed by atoms with Gasteiger partial charge in [-0.3, -0.25) is 0 Å². The first-order valence-electron chi connectivity index (χ1n) is 6.83. The van der Waals surface area contributed by atoms with E-state index < -0.39 is 40.3 Å². The fraction of sp³-hybridized carbons (Fsp3) is 0.818. The molecule has 3 N–H and O–H groups in total. The molecule has 9 nitrogen and oxygen atoms in total. The van der Waals surface area contributed by atoms with Crippen molar-refractivity contribution in [3.05, 3.63) is 0 Å². The van der Waals surface area contributed by atoms with E-state index in [2.05, 4.69) is 15.4 Å². The van der Waals surface area contributed by atoms with Crippen molar-refractivity contribution in [1.29, 1.82) is 0 Å². The van der Waals surface area contributed by atoms with Gasteiger partial charge < -0.3 is 25.0 Å². The number of nitrogens with one attached hydrogen (secondary N) is 2. The Morgan fingerprint density at radius 2 is 1.62 bits per heavy atom. The Labute approximate surface area is 136 Å². The summed E-state index contributed by atoms with van der Waals surface area (Å²) in [5.41, 5.74) is 0. The molecule has 0 radical (unpaired) electrons. The molecule has 0 aromatic rings. The van der Waals surface area contributed by atoms with E-state index in [-0.39, 0.29) is 6.54 Å². The van der Waals surface area contributed by atoms with Crippen LogP contribution in [0, 0.1) is 0 Å². The lowest BCUT2D eigenvalue weighted by molar-refractivity contribution is -0.0308. The lowest BCUT2D eigenvalue weighted by atomic mass is 10.2. The maximum Gasteiger partial charge on any atom is 0.407 e. The maximum absolute atomic E-state index is 13.0. The first-order valence-corrected chi connectivity index (χ1v) is 8.24. The van der Waals surface area contributed by atoms with Gasteiger partial charge in [-0.2, -0.15) is 8.78 Å². The van der Waals surface area contributed by atoms with Crippen LogP contribution in [0.2, 0.25) is 0 Å². The van der Waals surface area contributed by atoms with Gasteiger partial charge in [0.15, 0.2) is 10.1 Å². The Hall–Kier alpha value is -1.76. The van der Waals surface area contributed by atoms with Crippen LogP contribution in [-0.4, -0.2) is 61.4 Å². The van der Waals surface area contributed by atoms with Crippen molar-refractivity contribution in [3.63, 3.8) is 0 Å². The van der Waals surface area contributed by atoms with Gasteiger partial charge >= 0.3 is 17.4 Å². The predicted molar refractivity (Wildman–Crippen MR) is 73.4 cm³/mol. The zero-order chi connectivity index (χ0) is 18.8. The molecule has 1 atom stereocenters. The van der Waals surface area contributed by atoms with E-state index in [1.807, 2.05) is 0 Å². The van der Waals surface area contributed by atoms with Gasteiger partial charge in [-0.05, 0) is 12.8 Å². The van der Waals surface area contributed by atoms with E-state index in [4.69, 9.17) is 5.11 Å². The summed E-state index contributed by atoms with van der Waals surface area (Å²) in [5.74, 6) is 0. The molecule has 0 spiro atoms. The summed E-state index contributed by atoms with van der Waals surface area (Å²) < 4.78 is 73.0. The van der Waals surface area contributed by atoms with Crippen LogP contribution < -0.4 is 10.6 Å².